The van der Waals surface area contributed by atoms with E-state index in [1.807, 2.05) is 30.0 Å². The van der Waals surface area contributed by atoms with Crippen molar-refractivity contribution in [3.05, 3.63) is 35.9 Å². The van der Waals surface area contributed by atoms with Crippen molar-refractivity contribution < 1.29 is 4.79 Å². The summed E-state index contributed by atoms with van der Waals surface area (Å²) in [6.45, 7) is 0. The summed E-state index contributed by atoms with van der Waals surface area (Å²) in [5, 5.41) is 0. The number of thioether (sulfide) groups is 1. The maximum absolute atomic E-state index is 10.8. The van der Waals surface area contributed by atoms with Crippen molar-refractivity contribution in [3.8, 4) is 0 Å². The number of carbonyl (C=O) groups is 1. The highest BCUT2D eigenvalue weighted by atomic mass is 32.2. The Morgan fingerprint density at radius 1 is 1.43 bits per heavy atom. The fraction of sp³-hybridized carbons (Fsp3) is 0.182. The van der Waals surface area contributed by atoms with E-state index in [1.54, 1.807) is 6.08 Å². The largest absolute Gasteiger partial charge is 0.366 e. The first-order valence-corrected chi connectivity index (χ1v) is 5.48. The number of hydrogen-bond acceptors (Lipinski definition) is 2. The number of hydrogen-bond donors (Lipinski definition) is 1. The van der Waals surface area contributed by atoms with Crippen LogP contribution in [0.15, 0.2) is 35.2 Å². The molecule has 0 atom stereocenters. The monoisotopic (exact) mass is 205 g/mol. The van der Waals surface area contributed by atoms with Crippen molar-refractivity contribution in [1.29, 1.82) is 0 Å². The minimum Gasteiger partial charge on any atom is -0.366 e. The van der Waals surface area contributed by atoms with E-state index in [0.717, 1.165) is 23.3 Å². The molecule has 0 saturated heterocycles. The number of benzene rings is 1. The van der Waals surface area contributed by atoms with Gasteiger partial charge in [0, 0.05) is 16.7 Å². The van der Waals surface area contributed by atoms with Crippen molar-refractivity contribution in [2.75, 3.05) is 5.75 Å². The standard InChI is InChI=1S/C11H11NOS/c12-11(13)7-8-5-6-14-10-4-2-1-3-9(8)10/h1-4,7H,5-6H2,(H2,12,13)/b8-7+. The zero-order valence-corrected chi connectivity index (χ0v) is 8.51. The number of primary amides is 1. The zero-order valence-electron chi connectivity index (χ0n) is 7.69. The van der Waals surface area contributed by atoms with Crippen LogP contribution in [0.25, 0.3) is 5.57 Å². The number of fused-ring (bicyclic) bond motifs is 1. The quantitative estimate of drug-likeness (QED) is 0.713. The first-order chi connectivity index (χ1) is 6.77. The maximum atomic E-state index is 10.8. The number of carbonyl (C=O) groups excluding carboxylic acids is 1. The van der Waals surface area contributed by atoms with Crippen LogP contribution in [-0.4, -0.2) is 11.7 Å². The molecule has 1 aliphatic heterocycles. The Kier molecular flexibility index (Phi) is 2.59. The van der Waals surface area contributed by atoms with Crippen LogP contribution in [0.2, 0.25) is 0 Å². The van der Waals surface area contributed by atoms with E-state index >= 15 is 0 Å². The average Bonchev–Trinajstić information content (AvgIpc) is 2.18. The summed E-state index contributed by atoms with van der Waals surface area (Å²) in [6, 6.07) is 8.11. The third kappa shape index (κ3) is 1.82. The highest BCUT2D eigenvalue weighted by Gasteiger charge is 2.13. The molecule has 72 valence electrons. The van der Waals surface area contributed by atoms with E-state index in [2.05, 4.69) is 6.07 Å². The smallest absolute Gasteiger partial charge is 0.241 e. The van der Waals surface area contributed by atoms with Gasteiger partial charge in [0.25, 0.3) is 0 Å². The van der Waals surface area contributed by atoms with Gasteiger partial charge in [0.2, 0.25) is 5.91 Å². The van der Waals surface area contributed by atoms with Crippen molar-refractivity contribution in [2.45, 2.75) is 11.3 Å². The molecule has 1 amide bonds. The molecule has 0 aromatic heterocycles. The molecule has 1 aromatic rings. The predicted molar refractivity (Wildman–Crippen MR) is 59.0 cm³/mol. The Labute approximate surface area is 87.2 Å². The van der Waals surface area contributed by atoms with Gasteiger partial charge in [-0.05, 0) is 23.6 Å². The fourth-order valence-corrected chi connectivity index (χ4v) is 2.66. The Hall–Kier alpha value is -1.22. The van der Waals surface area contributed by atoms with E-state index in [1.165, 1.54) is 4.90 Å². The molecular formula is C11H11NOS. The van der Waals surface area contributed by atoms with E-state index in [0.29, 0.717) is 0 Å². The molecule has 0 bridgehead atoms. The topological polar surface area (TPSA) is 43.1 Å². The van der Waals surface area contributed by atoms with Crippen molar-refractivity contribution in [3.63, 3.8) is 0 Å². The molecule has 0 unspecified atom stereocenters. The molecule has 14 heavy (non-hydrogen) atoms. The predicted octanol–water partition coefficient (Wildman–Crippen LogP) is 2.05. The van der Waals surface area contributed by atoms with Gasteiger partial charge in [-0.3, -0.25) is 4.79 Å². The van der Waals surface area contributed by atoms with Gasteiger partial charge >= 0.3 is 0 Å². The Bertz CT molecular complexity index is 398. The molecule has 0 radical (unpaired) electrons. The van der Waals surface area contributed by atoms with Crippen LogP contribution in [0.1, 0.15) is 12.0 Å². The number of allylic oxidation sites excluding steroid dienone is 1. The summed E-state index contributed by atoms with van der Waals surface area (Å²) in [7, 11) is 0. The van der Waals surface area contributed by atoms with Crippen molar-refractivity contribution in [2.24, 2.45) is 5.73 Å². The van der Waals surface area contributed by atoms with Crippen LogP contribution < -0.4 is 5.73 Å². The van der Waals surface area contributed by atoms with E-state index in [-0.39, 0.29) is 5.91 Å². The van der Waals surface area contributed by atoms with Gasteiger partial charge < -0.3 is 5.73 Å². The molecule has 3 heteroatoms. The Morgan fingerprint density at radius 3 is 3.00 bits per heavy atom. The maximum Gasteiger partial charge on any atom is 0.241 e. The molecule has 0 saturated carbocycles. The highest BCUT2D eigenvalue weighted by molar-refractivity contribution is 7.99. The minimum absolute atomic E-state index is 0.360. The molecule has 2 nitrogen and oxygen atoms in total. The summed E-state index contributed by atoms with van der Waals surface area (Å²) in [6.07, 6.45) is 2.46. The van der Waals surface area contributed by atoms with E-state index in [9.17, 15) is 4.79 Å². The molecule has 1 aromatic carbocycles. The molecule has 1 heterocycles. The van der Waals surface area contributed by atoms with Crippen LogP contribution in [0.5, 0.6) is 0 Å². The SMILES string of the molecule is NC(=O)/C=C1\CCSc2ccccc21. The fourth-order valence-electron chi connectivity index (χ4n) is 1.59. The van der Waals surface area contributed by atoms with Gasteiger partial charge in [-0.2, -0.15) is 0 Å². The van der Waals surface area contributed by atoms with Crippen molar-refractivity contribution >= 4 is 23.2 Å². The lowest BCUT2D eigenvalue weighted by atomic mass is 10.0. The summed E-state index contributed by atoms with van der Waals surface area (Å²) in [4.78, 5) is 12.1. The Morgan fingerprint density at radius 2 is 2.21 bits per heavy atom. The van der Waals surface area contributed by atoms with Crippen molar-refractivity contribution in [1.82, 2.24) is 0 Å². The van der Waals surface area contributed by atoms with Crippen LogP contribution in [-0.2, 0) is 4.79 Å². The van der Waals surface area contributed by atoms with E-state index in [4.69, 9.17) is 5.73 Å². The van der Waals surface area contributed by atoms with Gasteiger partial charge in [0.15, 0.2) is 0 Å². The van der Waals surface area contributed by atoms with E-state index < -0.39 is 0 Å². The summed E-state index contributed by atoms with van der Waals surface area (Å²) in [5.74, 6) is 0.664. The highest BCUT2D eigenvalue weighted by Crippen LogP contribution is 2.36. The van der Waals surface area contributed by atoms with Gasteiger partial charge in [-0.15, -0.1) is 11.8 Å². The molecule has 2 N–H and O–H groups in total. The van der Waals surface area contributed by atoms with Crippen LogP contribution >= 0.6 is 11.8 Å². The molecule has 2 rings (SSSR count). The molecular weight excluding hydrogens is 194 g/mol. The van der Waals surface area contributed by atoms with Crippen LogP contribution in [0.3, 0.4) is 0 Å². The third-order valence-electron chi connectivity index (χ3n) is 2.18. The average molecular weight is 205 g/mol. The van der Waals surface area contributed by atoms with Gasteiger partial charge in [-0.25, -0.2) is 0 Å². The zero-order chi connectivity index (χ0) is 9.97. The Balaban J connectivity index is 2.45. The molecule has 0 spiro atoms. The number of rotatable bonds is 1. The second kappa shape index (κ2) is 3.88. The second-order valence-corrected chi connectivity index (χ2v) is 4.30. The van der Waals surface area contributed by atoms with Crippen LogP contribution in [0.4, 0.5) is 0 Å². The first-order valence-electron chi connectivity index (χ1n) is 4.49. The minimum atomic E-state index is -0.360. The number of nitrogens with two attached hydrogens (primary N) is 1. The van der Waals surface area contributed by atoms with Gasteiger partial charge in [-0.1, -0.05) is 18.2 Å². The molecule has 1 aliphatic rings. The lowest BCUT2D eigenvalue weighted by molar-refractivity contribution is -0.113. The normalized spacial score (nSPS) is 17.9. The number of amides is 1. The third-order valence-corrected chi connectivity index (χ3v) is 3.25. The van der Waals surface area contributed by atoms with Crippen LogP contribution in [0, 0.1) is 0 Å². The van der Waals surface area contributed by atoms with Gasteiger partial charge in [0.05, 0.1) is 0 Å². The molecule has 0 fully saturated rings. The summed E-state index contributed by atoms with van der Waals surface area (Å²) in [5.41, 5.74) is 7.38. The van der Waals surface area contributed by atoms with Gasteiger partial charge in [0.1, 0.15) is 0 Å². The summed E-state index contributed by atoms with van der Waals surface area (Å²) < 4.78 is 0. The second-order valence-electron chi connectivity index (χ2n) is 3.17. The lowest BCUT2D eigenvalue weighted by Crippen LogP contribution is -2.08. The first kappa shape index (κ1) is 9.34. The lowest BCUT2D eigenvalue weighted by Gasteiger charge is -2.17. The summed E-state index contributed by atoms with van der Waals surface area (Å²) >= 11 is 1.83. The molecule has 0 aliphatic carbocycles.